The van der Waals surface area contributed by atoms with Gasteiger partial charge in [-0.15, -0.1) is 0 Å². The van der Waals surface area contributed by atoms with Gasteiger partial charge in [0.2, 0.25) is 5.91 Å². The molecule has 0 aliphatic rings. The number of hydrogen-bond acceptors (Lipinski definition) is 4. The molecule has 0 saturated carbocycles. The minimum absolute atomic E-state index is 0.0786. The van der Waals surface area contributed by atoms with Crippen molar-refractivity contribution >= 4 is 16.9 Å². The molecule has 1 aromatic heterocycles. The first-order valence-electron chi connectivity index (χ1n) is 12.2. The highest BCUT2D eigenvalue weighted by Gasteiger charge is 2.10. The molecule has 0 spiro atoms. The summed E-state index contributed by atoms with van der Waals surface area (Å²) in [6.45, 7) is 2.00. The van der Waals surface area contributed by atoms with Gasteiger partial charge in [0.15, 0.2) is 0 Å². The smallest absolute Gasteiger partial charge is 0.224 e. The van der Waals surface area contributed by atoms with E-state index in [-0.39, 0.29) is 5.91 Å². The van der Waals surface area contributed by atoms with E-state index in [0.717, 1.165) is 66.1 Å². The number of carbonyl (C=O) groups is 1. The minimum Gasteiger partial charge on any atom is -0.497 e. The number of carbonyl (C=O) groups excluding carboxylic acids is 1. The number of benzene rings is 3. The summed E-state index contributed by atoms with van der Waals surface area (Å²) in [4.78, 5) is 17.0. The van der Waals surface area contributed by atoms with E-state index in [4.69, 9.17) is 14.5 Å². The van der Waals surface area contributed by atoms with Crippen LogP contribution in [0, 0.1) is 0 Å². The van der Waals surface area contributed by atoms with Crippen molar-refractivity contribution in [3.05, 3.63) is 90.3 Å². The fraction of sp³-hybridized carbons (Fsp3) is 0.310. The second-order valence-corrected chi connectivity index (χ2v) is 8.52. The Hall–Kier alpha value is -3.80. The molecule has 0 unspecified atom stereocenters. The zero-order chi connectivity index (χ0) is 24.3. The van der Waals surface area contributed by atoms with Crippen molar-refractivity contribution in [1.29, 1.82) is 0 Å². The van der Waals surface area contributed by atoms with Crippen molar-refractivity contribution in [2.75, 3.05) is 20.3 Å². The monoisotopic (exact) mass is 471 g/mol. The number of imidazole rings is 1. The molecular weight excluding hydrogens is 438 g/mol. The van der Waals surface area contributed by atoms with E-state index >= 15 is 0 Å². The molecule has 0 fully saturated rings. The quantitative estimate of drug-likeness (QED) is 0.272. The maximum atomic E-state index is 12.1. The maximum Gasteiger partial charge on any atom is 0.224 e. The van der Waals surface area contributed by atoms with Gasteiger partial charge in [-0.1, -0.05) is 48.9 Å². The summed E-state index contributed by atoms with van der Waals surface area (Å²) in [6.07, 6.45) is 4.36. The summed E-state index contributed by atoms with van der Waals surface area (Å²) in [5.74, 6) is 2.80. The van der Waals surface area contributed by atoms with E-state index in [1.807, 2.05) is 66.7 Å². The third-order valence-electron chi connectivity index (χ3n) is 5.98. The summed E-state index contributed by atoms with van der Waals surface area (Å²) in [5.41, 5.74) is 3.19. The van der Waals surface area contributed by atoms with Crippen LogP contribution in [0.1, 0.15) is 30.7 Å². The Labute approximate surface area is 206 Å². The molecule has 4 rings (SSSR count). The molecule has 0 aliphatic carbocycles. The molecule has 6 heteroatoms. The van der Waals surface area contributed by atoms with E-state index < -0.39 is 0 Å². The summed E-state index contributed by atoms with van der Waals surface area (Å²) in [7, 11) is 1.66. The zero-order valence-electron chi connectivity index (χ0n) is 20.3. The van der Waals surface area contributed by atoms with Crippen LogP contribution in [-0.2, 0) is 24.2 Å². The molecule has 1 amide bonds. The molecule has 4 aromatic rings. The third kappa shape index (κ3) is 7.09. The fourth-order valence-corrected chi connectivity index (χ4v) is 4.15. The Morgan fingerprint density at radius 3 is 2.43 bits per heavy atom. The molecule has 0 bridgehead atoms. The molecule has 0 radical (unpaired) electrons. The highest BCUT2D eigenvalue weighted by molar-refractivity contribution is 5.78. The fourth-order valence-electron chi connectivity index (χ4n) is 4.15. The predicted molar refractivity (Wildman–Crippen MR) is 139 cm³/mol. The van der Waals surface area contributed by atoms with Gasteiger partial charge in [-0.3, -0.25) is 4.79 Å². The van der Waals surface area contributed by atoms with Gasteiger partial charge in [-0.25, -0.2) is 4.98 Å². The van der Waals surface area contributed by atoms with E-state index in [0.29, 0.717) is 19.6 Å². The van der Waals surface area contributed by atoms with Crippen molar-refractivity contribution < 1.29 is 14.3 Å². The molecule has 35 heavy (non-hydrogen) atoms. The highest BCUT2D eigenvalue weighted by atomic mass is 16.5. The van der Waals surface area contributed by atoms with Crippen LogP contribution in [0.3, 0.4) is 0 Å². The number of aromatic nitrogens is 2. The van der Waals surface area contributed by atoms with Crippen molar-refractivity contribution in [1.82, 2.24) is 14.9 Å². The van der Waals surface area contributed by atoms with E-state index in [1.54, 1.807) is 7.11 Å². The number of nitrogens with one attached hydrogen (secondary N) is 1. The number of amides is 1. The number of fused-ring (bicyclic) bond motifs is 1. The lowest BCUT2D eigenvalue weighted by molar-refractivity contribution is -0.120. The molecule has 0 atom stereocenters. The SMILES string of the molecule is COc1ccc(OCCn2c(CCCCCNC(=O)Cc3ccccc3)nc3ccccc32)cc1. The molecule has 0 saturated heterocycles. The first-order valence-corrected chi connectivity index (χ1v) is 12.2. The standard InChI is InChI=1S/C29H33N3O3/c1-34-24-15-17-25(18-16-24)35-21-20-32-27-13-8-7-12-26(27)31-28(32)14-6-3-9-19-30-29(33)22-23-10-4-2-5-11-23/h2,4-5,7-8,10-13,15-18H,3,6,9,14,19-22H2,1H3,(H,30,33). The van der Waals surface area contributed by atoms with Crippen LogP contribution in [0.15, 0.2) is 78.9 Å². The number of para-hydroxylation sites is 2. The van der Waals surface area contributed by atoms with Crippen molar-refractivity contribution in [3.63, 3.8) is 0 Å². The average Bonchev–Trinajstić information content (AvgIpc) is 3.24. The Bertz CT molecular complexity index is 1200. The molecule has 1 N–H and O–H groups in total. The number of unbranched alkanes of at least 4 members (excludes halogenated alkanes) is 2. The van der Waals surface area contributed by atoms with Crippen LogP contribution in [-0.4, -0.2) is 35.7 Å². The Kier molecular flexibility index (Phi) is 8.76. The third-order valence-corrected chi connectivity index (χ3v) is 5.98. The average molecular weight is 472 g/mol. The van der Waals surface area contributed by atoms with E-state index in [9.17, 15) is 4.79 Å². The second-order valence-electron chi connectivity index (χ2n) is 8.52. The van der Waals surface area contributed by atoms with Crippen LogP contribution in [0.4, 0.5) is 0 Å². The Morgan fingerprint density at radius 2 is 1.63 bits per heavy atom. The van der Waals surface area contributed by atoms with Gasteiger partial charge in [0.1, 0.15) is 23.9 Å². The Morgan fingerprint density at radius 1 is 0.886 bits per heavy atom. The first kappa shape index (κ1) is 24.3. The van der Waals surface area contributed by atoms with Crippen molar-refractivity contribution in [3.8, 4) is 11.5 Å². The van der Waals surface area contributed by atoms with Crippen LogP contribution in [0.5, 0.6) is 11.5 Å². The summed E-state index contributed by atoms with van der Waals surface area (Å²) < 4.78 is 13.4. The van der Waals surface area contributed by atoms with Crippen molar-refractivity contribution in [2.45, 2.75) is 38.6 Å². The second kappa shape index (κ2) is 12.6. The number of ether oxygens (including phenoxy) is 2. The van der Waals surface area contributed by atoms with Crippen molar-refractivity contribution in [2.24, 2.45) is 0 Å². The molecular formula is C29H33N3O3. The minimum atomic E-state index is 0.0786. The van der Waals surface area contributed by atoms with Crippen LogP contribution in [0.25, 0.3) is 11.0 Å². The molecule has 182 valence electrons. The topological polar surface area (TPSA) is 65.4 Å². The van der Waals surface area contributed by atoms with Gasteiger partial charge >= 0.3 is 0 Å². The first-order chi connectivity index (χ1) is 17.2. The molecule has 3 aromatic carbocycles. The normalized spacial score (nSPS) is 10.9. The van der Waals surface area contributed by atoms with Gasteiger partial charge in [-0.05, 0) is 54.8 Å². The number of nitrogens with zero attached hydrogens (tertiary/aromatic N) is 2. The van der Waals surface area contributed by atoms with Gasteiger partial charge in [-0.2, -0.15) is 0 Å². The molecule has 6 nitrogen and oxygen atoms in total. The van der Waals surface area contributed by atoms with Gasteiger partial charge in [0.05, 0.1) is 31.1 Å². The molecule has 1 heterocycles. The lowest BCUT2D eigenvalue weighted by Crippen LogP contribution is -2.26. The largest absolute Gasteiger partial charge is 0.497 e. The van der Waals surface area contributed by atoms with E-state index in [2.05, 4.69) is 22.0 Å². The number of rotatable bonds is 13. The molecule has 0 aliphatic heterocycles. The summed E-state index contributed by atoms with van der Waals surface area (Å²) in [5, 5.41) is 3.03. The number of aryl methyl sites for hydroxylation is 1. The lowest BCUT2D eigenvalue weighted by Gasteiger charge is -2.11. The lowest BCUT2D eigenvalue weighted by atomic mass is 10.1. The number of methoxy groups -OCH3 is 1. The van der Waals surface area contributed by atoms with E-state index in [1.165, 1.54) is 0 Å². The highest BCUT2D eigenvalue weighted by Crippen LogP contribution is 2.20. The Balaban J connectivity index is 1.23. The summed E-state index contributed by atoms with van der Waals surface area (Å²) >= 11 is 0. The number of hydrogen-bond donors (Lipinski definition) is 1. The van der Waals surface area contributed by atoms with Gasteiger partial charge in [0.25, 0.3) is 0 Å². The van der Waals surface area contributed by atoms with Gasteiger partial charge < -0.3 is 19.4 Å². The van der Waals surface area contributed by atoms with Crippen LogP contribution in [0.2, 0.25) is 0 Å². The summed E-state index contributed by atoms with van der Waals surface area (Å²) in [6, 6.07) is 25.7. The van der Waals surface area contributed by atoms with Gasteiger partial charge in [0, 0.05) is 13.0 Å². The van der Waals surface area contributed by atoms with Crippen LogP contribution >= 0.6 is 0 Å². The zero-order valence-corrected chi connectivity index (χ0v) is 20.3. The van der Waals surface area contributed by atoms with Crippen LogP contribution < -0.4 is 14.8 Å². The predicted octanol–water partition coefficient (Wildman–Crippen LogP) is 5.20. The maximum absolute atomic E-state index is 12.1.